The van der Waals surface area contributed by atoms with Crippen molar-refractivity contribution in [3.05, 3.63) is 12.4 Å². The zero-order chi connectivity index (χ0) is 14.0. The van der Waals surface area contributed by atoms with Gasteiger partial charge in [-0.05, 0) is 20.3 Å². The van der Waals surface area contributed by atoms with Gasteiger partial charge in [0.05, 0.1) is 11.6 Å². The molecule has 0 N–H and O–H groups in total. The molecule has 1 aliphatic heterocycles. The van der Waals surface area contributed by atoms with Crippen molar-refractivity contribution in [2.75, 3.05) is 12.3 Å². The van der Waals surface area contributed by atoms with Crippen LogP contribution in [0.15, 0.2) is 17.3 Å². The van der Waals surface area contributed by atoms with Gasteiger partial charge in [0, 0.05) is 24.5 Å². The number of hydrogen-bond donors (Lipinski definition) is 0. The average molecular weight is 303 g/mol. The molecule has 1 saturated heterocycles. The SMILES string of the molecule is CCC[C@@H]1SCCN1S(=O)(=O)c1cnn(C(C)C)c1. The van der Waals surface area contributed by atoms with Crippen molar-refractivity contribution in [3.63, 3.8) is 0 Å². The van der Waals surface area contributed by atoms with Crippen molar-refractivity contribution in [3.8, 4) is 0 Å². The second kappa shape index (κ2) is 5.85. The van der Waals surface area contributed by atoms with Gasteiger partial charge in [-0.15, -0.1) is 11.8 Å². The lowest BCUT2D eigenvalue weighted by Crippen LogP contribution is -2.34. The van der Waals surface area contributed by atoms with E-state index in [1.54, 1.807) is 26.9 Å². The van der Waals surface area contributed by atoms with Gasteiger partial charge < -0.3 is 0 Å². The fourth-order valence-electron chi connectivity index (χ4n) is 2.13. The van der Waals surface area contributed by atoms with E-state index in [0.717, 1.165) is 18.6 Å². The molecule has 1 atom stereocenters. The summed E-state index contributed by atoms with van der Waals surface area (Å²) in [6.45, 7) is 6.65. The van der Waals surface area contributed by atoms with Gasteiger partial charge in [0.25, 0.3) is 0 Å². The fraction of sp³-hybridized carbons (Fsp3) is 0.750. The average Bonchev–Trinajstić information content (AvgIpc) is 2.97. The molecule has 7 heteroatoms. The minimum absolute atomic E-state index is 0.0809. The van der Waals surface area contributed by atoms with Crippen LogP contribution in [0, 0.1) is 0 Å². The number of hydrogen-bond acceptors (Lipinski definition) is 4. The summed E-state index contributed by atoms with van der Waals surface area (Å²) in [4.78, 5) is 0.310. The van der Waals surface area contributed by atoms with Gasteiger partial charge in [-0.3, -0.25) is 4.68 Å². The van der Waals surface area contributed by atoms with Crippen molar-refractivity contribution in [2.24, 2.45) is 0 Å². The highest BCUT2D eigenvalue weighted by Crippen LogP contribution is 2.32. The van der Waals surface area contributed by atoms with Crippen LogP contribution in [0.4, 0.5) is 0 Å². The van der Waals surface area contributed by atoms with E-state index in [1.807, 2.05) is 13.8 Å². The predicted molar refractivity (Wildman–Crippen MR) is 77.7 cm³/mol. The van der Waals surface area contributed by atoms with Crippen molar-refractivity contribution in [1.29, 1.82) is 0 Å². The Morgan fingerprint density at radius 2 is 2.26 bits per heavy atom. The maximum atomic E-state index is 12.6. The van der Waals surface area contributed by atoms with Crippen LogP contribution >= 0.6 is 11.8 Å². The molecule has 0 aromatic carbocycles. The van der Waals surface area contributed by atoms with Crippen LogP contribution in [0.5, 0.6) is 0 Å². The van der Waals surface area contributed by atoms with E-state index in [0.29, 0.717) is 11.4 Å². The molecule has 5 nitrogen and oxygen atoms in total. The van der Waals surface area contributed by atoms with Crippen LogP contribution in [-0.4, -0.2) is 40.2 Å². The molecule has 19 heavy (non-hydrogen) atoms. The molecular weight excluding hydrogens is 282 g/mol. The number of sulfonamides is 1. The number of thioether (sulfide) groups is 1. The van der Waals surface area contributed by atoms with E-state index in [-0.39, 0.29) is 11.4 Å². The largest absolute Gasteiger partial charge is 0.269 e. The molecule has 2 rings (SSSR count). The lowest BCUT2D eigenvalue weighted by Gasteiger charge is -2.21. The van der Waals surface area contributed by atoms with Gasteiger partial charge in [-0.25, -0.2) is 8.42 Å². The predicted octanol–water partition coefficient (Wildman–Crippen LogP) is 2.33. The third-order valence-electron chi connectivity index (χ3n) is 3.19. The topological polar surface area (TPSA) is 55.2 Å². The summed E-state index contributed by atoms with van der Waals surface area (Å²) in [7, 11) is -3.39. The summed E-state index contributed by atoms with van der Waals surface area (Å²) < 4.78 is 28.5. The lowest BCUT2D eigenvalue weighted by atomic mass is 10.3. The second-order valence-electron chi connectivity index (χ2n) is 4.98. The third kappa shape index (κ3) is 2.98. The Labute approximate surface area is 119 Å². The van der Waals surface area contributed by atoms with E-state index in [1.165, 1.54) is 6.20 Å². The minimum atomic E-state index is -3.39. The minimum Gasteiger partial charge on any atom is -0.269 e. The zero-order valence-electron chi connectivity index (χ0n) is 11.6. The second-order valence-corrected chi connectivity index (χ2v) is 8.16. The van der Waals surface area contributed by atoms with E-state index >= 15 is 0 Å². The Morgan fingerprint density at radius 3 is 2.84 bits per heavy atom. The summed E-state index contributed by atoms with van der Waals surface area (Å²) in [6.07, 6.45) is 4.99. The quantitative estimate of drug-likeness (QED) is 0.838. The Balaban J connectivity index is 2.25. The highest BCUT2D eigenvalue weighted by Gasteiger charge is 2.36. The van der Waals surface area contributed by atoms with Crippen molar-refractivity contribution in [2.45, 2.75) is 49.9 Å². The molecule has 108 valence electrons. The van der Waals surface area contributed by atoms with Gasteiger partial charge in [-0.1, -0.05) is 13.3 Å². The van der Waals surface area contributed by atoms with Crippen molar-refractivity contribution < 1.29 is 8.42 Å². The van der Waals surface area contributed by atoms with Crippen LogP contribution in [-0.2, 0) is 10.0 Å². The Hall–Kier alpha value is -0.530. The Kier molecular flexibility index (Phi) is 4.58. The summed E-state index contributed by atoms with van der Waals surface area (Å²) in [5.74, 6) is 0.877. The highest BCUT2D eigenvalue weighted by molar-refractivity contribution is 8.01. The molecule has 0 radical (unpaired) electrons. The summed E-state index contributed by atoms with van der Waals surface area (Å²) in [6, 6.07) is 0.170. The Morgan fingerprint density at radius 1 is 1.53 bits per heavy atom. The first-order chi connectivity index (χ1) is 8.96. The van der Waals surface area contributed by atoms with Crippen LogP contribution in [0.3, 0.4) is 0 Å². The van der Waals surface area contributed by atoms with E-state index in [4.69, 9.17) is 0 Å². The maximum Gasteiger partial charge on any atom is 0.247 e. The molecule has 1 aromatic heterocycles. The zero-order valence-corrected chi connectivity index (χ0v) is 13.2. The standard InChI is InChI=1S/C12H21N3O2S2/c1-4-5-12-15(6-7-18-12)19(16,17)11-8-13-14(9-11)10(2)3/h8-10,12H,4-7H2,1-3H3/t12-/m0/s1. The van der Waals surface area contributed by atoms with Crippen LogP contribution in [0.2, 0.25) is 0 Å². The molecule has 0 spiro atoms. The first kappa shape index (κ1) is 14.9. The van der Waals surface area contributed by atoms with Gasteiger partial charge >= 0.3 is 0 Å². The van der Waals surface area contributed by atoms with E-state index in [2.05, 4.69) is 12.0 Å². The highest BCUT2D eigenvalue weighted by atomic mass is 32.2. The van der Waals surface area contributed by atoms with E-state index in [9.17, 15) is 8.42 Å². The third-order valence-corrected chi connectivity index (χ3v) is 6.48. The number of rotatable bonds is 5. The summed E-state index contributed by atoms with van der Waals surface area (Å²) >= 11 is 1.73. The normalized spacial score (nSPS) is 21.4. The molecule has 1 aliphatic rings. The molecule has 0 saturated carbocycles. The van der Waals surface area contributed by atoms with Crippen molar-refractivity contribution >= 4 is 21.8 Å². The van der Waals surface area contributed by atoms with Gasteiger partial charge in [0.2, 0.25) is 10.0 Å². The first-order valence-electron chi connectivity index (χ1n) is 6.64. The maximum absolute atomic E-state index is 12.6. The summed E-state index contributed by atoms with van der Waals surface area (Å²) in [5, 5.41) is 4.21. The van der Waals surface area contributed by atoms with Gasteiger partial charge in [0.15, 0.2) is 0 Å². The molecule has 0 aliphatic carbocycles. The number of nitrogens with zero attached hydrogens (tertiary/aromatic N) is 3. The van der Waals surface area contributed by atoms with Gasteiger partial charge in [0.1, 0.15) is 4.90 Å². The van der Waals surface area contributed by atoms with Crippen LogP contribution in [0.1, 0.15) is 39.7 Å². The Bertz CT molecular complexity index is 525. The smallest absolute Gasteiger partial charge is 0.247 e. The lowest BCUT2D eigenvalue weighted by molar-refractivity contribution is 0.411. The molecule has 0 bridgehead atoms. The number of aromatic nitrogens is 2. The monoisotopic (exact) mass is 303 g/mol. The molecule has 1 aromatic rings. The molecule has 0 amide bonds. The van der Waals surface area contributed by atoms with E-state index < -0.39 is 10.0 Å². The molecule has 2 heterocycles. The summed E-state index contributed by atoms with van der Waals surface area (Å²) in [5.41, 5.74) is 0. The van der Waals surface area contributed by atoms with Crippen LogP contribution in [0.25, 0.3) is 0 Å². The molecule has 0 unspecified atom stereocenters. The van der Waals surface area contributed by atoms with Crippen LogP contribution < -0.4 is 0 Å². The first-order valence-corrected chi connectivity index (χ1v) is 9.13. The van der Waals surface area contributed by atoms with Gasteiger partial charge in [-0.2, -0.15) is 9.40 Å². The fourth-order valence-corrected chi connectivity index (χ4v) is 5.45. The molecule has 1 fully saturated rings. The van der Waals surface area contributed by atoms with Crippen molar-refractivity contribution in [1.82, 2.24) is 14.1 Å². The molecular formula is C12H21N3O2S2.